The summed E-state index contributed by atoms with van der Waals surface area (Å²) in [5, 5.41) is 25.3. The second-order valence-electron chi connectivity index (χ2n) is 13.5. The topological polar surface area (TPSA) is 108 Å². The van der Waals surface area contributed by atoms with Gasteiger partial charge in [-0.2, -0.15) is 0 Å². The van der Waals surface area contributed by atoms with Crippen LogP contribution in [0.25, 0.3) is 0 Å². The van der Waals surface area contributed by atoms with Gasteiger partial charge in [0.1, 0.15) is 5.66 Å². The Morgan fingerprint density at radius 3 is 1.89 bits per heavy atom. The minimum Gasteiger partial charge on any atom is -0.465 e. The molecule has 0 aromatic heterocycles. The molecule has 1 aliphatic rings. The van der Waals surface area contributed by atoms with E-state index in [1.807, 2.05) is 30.3 Å². The van der Waals surface area contributed by atoms with E-state index in [4.69, 9.17) is 4.43 Å². The molecule has 0 saturated heterocycles. The third-order valence-corrected chi connectivity index (χ3v) is 12.9. The van der Waals surface area contributed by atoms with Crippen molar-refractivity contribution in [2.45, 2.75) is 116 Å². The zero-order chi connectivity index (χ0) is 28.1. The Balaban J connectivity index is 2.76. The Morgan fingerprint density at radius 2 is 1.46 bits per heavy atom. The first kappa shape index (κ1) is 31.2. The number of hydrogen-bond donors (Lipinski definition) is 4. The smallest absolute Gasteiger partial charge is 0.406 e. The third kappa shape index (κ3) is 8.74. The molecule has 1 aliphatic carbocycles. The van der Waals surface area contributed by atoms with Crippen molar-refractivity contribution in [3.05, 3.63) is 35.9 Å². The van der Waals surface area contributed by atoms with Crippen LogP contribution in [0.2, 0.25) is 18.1 Å². The van der Waals surface area contributed by atoms with Crippen LogP contribution in [0.4, 0.5) is 9.59 Å². The van der Waals surface area contributed by atoms with Crippen LogP contribution in [0.1, 0.15) is 85.6 Å². The van der Waals surface area contributed by atoms with Crippen LogP contribution >= 0.6 is 0 Å². The first-order valence-electron chi connectivity index (χ1n) is 13.7. The number of amides is 2. The lowest BCUT2D eigenvalue weighted by molar-refractivity contribution is -0.0410. The van der Waals surface area contributed by atoms with Crippen molar-refractivity contribution < 1.29 is 24.2 Å². The molecule has 0 heterocycles. The maximum Gasteiger partial charge on any atom is 0.406 e. The zero-order valence-electron chi connectivity index (χ0n) is 24.2. The molecular weight excluding hydrogens is 484 g/mol. The highest BCUT2D eigenvalue weighted by molar-refractivity contribution is 6.74. The van der Waals surface area contributed by atoms with Crippen molar-refractivity contribution in [1.29, 1.82) is 0 Å². The summed E-state index contributed by atoms with van der Waals surface area (Å²) in [7, 11) is -2.47. The van der Waals surface area contributed by atoms with Gasteiger partial charge in [0.2, 0.25) is 0 Å². The van der Waals surface area contributed by atoms with Crippen molar-refractivity contribution in [1.82, 2.24) is 10.6 Å². The fourth-order valence-electron chi connectivity index (χ4n) is 5.40. The summed E-state index contributed by atoms with van der Waals surface area (Å²) in [4.78, 5) is 24.7. The number of nitrogens with one attached hydrogen (secondary N) is 2. The van der Waals surface area contributed by atoms with Crippen LogP contribution in [-0.4, -0.2) is 42.5 Å². The molecule has 0 unspecified atom stereocenters. The average molecular weight is 535 g/mol. The molecule has 0 bridgehead atoms. The van der Waals surface area contributed by atoms with Crippen LogP contribution in [0.3, 0.4) is 0 Å². The number of hydrogen-bond acceptors (Lipinski definition) is 3. The molecule has 8 heteroatoms. The maximum absolute atomic E-state index is 12.3. The van der Waals surface area contributed by atoms with Gasteiger partial charge in [-0.15, -0.1) is 0 Å². The average Bonchev–Trinajstić information content (AvgIpc) is 2.75. The number of benzene rings is 1. The van der Waals surface area contributed by atoms with Crippen LogP contribution in [0.15, 0.2) is 30.3 Å². The van der Waals surface area contributed by atoms with E-state index in [0.717, 1.165) is 24.8 Å². The summed E-state index contributed by atoms with van der Waals surface area (Å²) >= 11 is 0. The van der Waals surface area contributed by atoms with Crippen LogP contribution in [-0.2, 0) is 10.8 Å². The monoisotopic (exact) mass is 534 g/mol. The van der Waals surface area contributed by atoms with Crippen LogP contribution < -0.4 is 10.6 Å². The van der Waals surface area contributed by atoms with Crippen molar-refractivity contribution in [2.24, 2.45) is 17.3 Å². The van der Waals surface area contributed by atoms with Crippen molar-refractivity contribution in [3.63, 3.8) is 0 Å². The molecule has 2 amide bonds. The molecule has 2 atom stereocenters. The van der Waals surface area contributed by atoms with Gasteiger partial charge < -0.3 is 14.6 Å². The normalized spacial score (nSPS) is 17.6. The van der Waals surface area contributed by atoms with Gasteiger partial charge in [0.05, 0.1) is 6.10 Å². The molecule has 210 valence electrons. The van der Waals surface area contributed by atoms with Crippen LogP contribution in [0.5, 0.6) is 0 Å². The molecule has 1 aromatic rings. The van der Waals surface area contributed by atoms with E-state index in [9.17, 15) is 19.8 Å². The molecule has 1 aromatic carbocycles. The van der Waals surface area contributed by atoms with E-state index in [2.05, 4.69) is 65.3 Å². The second kappa shape index (κ2) is 12.2. The lowest BCUT2D eigenvalue weighted by atomic mass is 9.67. The Morgan fingerprint density at radius 1 is 0.946 bits per heavy atom. The van der Waals surface area contributed by atoms with Crippen molar-refractivity contribution in [2.75, 3.05) is 0 Å². The van der Waals surface area contributed by atoms with E-state index in [1.54, 1.807) is 0 Å². The molecule has 4 N–H and O–H groups in total. The van der Waals surface area contributed by atoms with Gasteiger partial charge in [-0.05, 0) is 47.4 Å². The quantitative estimate of drug-likeness (QED) is 0.184. The summed E-state index contributed by atoms with van der Waals surface area (Å²) < 4.78 is 7.16. The van der Waals surface area contributed by atoms with E-state index < -0.39 is 32.3 Å². The minimum absolute atomic E-state index is 0.0906. The Bertz CT molecular complexity index is 870. The predicted molar refractivity (Wildman–Crippen MR) is 151 cm³/mol. The second-order valence-corrected chi connectivity index (χ2v) is 18.3. The molecule has 1 fully saturated rings. The fourth-order valence-corrected chi connectivity index (χ4v) is 6.75. The molecular formula is C29H50N2O5Si. The number of carboxylic acid groups (broad SMARTS) is 2. The van der Waals surface area contributed by atoms with Gasteiger partial charge >= 0.3 is 12.2 Å². The summed E-state index contributed by atoms with van der Waals surface area (Å²) in [6.45, 7) is 17.2. The van der Waals surface area contributed by atoms with E-state index in [-0.39, 0.29) is 22.8 Å². The largest absolute Gasteiger partial charge is 0.465 e. The highest BCUT2D eigenvalue weighted by atomic mass is 28.4. The van der Waals surface area contributed by atoms with Crippen molar-refractivity contribution in [3.8, 4) is 0 Å². The Kier molecular flexibility index (Phi) is 10.3. The lowest BCUT2D eigenvalue weighted by Gasteiger charge is -2.52. The van der Waals surface area contributed by atoms with Gasteiger partial charge in [-0.3, -0.25) is 10.6 Å². The van der Waals surface area contributed by atoms with E-state index in [0.29, 0.717) is 5.92 Å². The first-order chi connectivity index (χ1) is 17.0. The molecule has 0 aliphatic heterocycles. The molecule has 0 spiro atoms. The standard InChI is InChI=1S/C29H50N2O5Si/c1-27(2,3)23(19-21-15-11-9-12-16-21)24(36-37(7,8)28(4,5)6)29(30-25(32)33,31-26(34)35)20-22-17-13-10-14-18-22/h10,13-14,17-18,21,23-24,30-31H,9,11-12,15-16,19-20H2,1-8H3,(H,32,33)(H,34,35)/t23-,24+/m1/s1. The molecule has 0 radical (unpaired) electrons. The predicted octanol–water partition coefficient (Wildman–Crippen LogP) is 7.48. The molecule has 7 nitrogen and oxygen atoms in total. The third-order valence-electron chi connectivity index (χ3n) is 8.49. The Hall–Kier alpha value is -2.06. The van der Waals surface area contributed by atoms with Gasteiger partial charge in [0.15, 0.2) is 8.32 Å². The van der Waals surface area contributed by atoms with Crippen molar-refractivity contribution >= 4 is 20.5 Å². The minimum atomic E-state index is -2.47. The first-order valence-corrected chi connectivity index (χ1v) is 16.6. The summed E-state index contributed by atoms with van der Waals surface area (Å²) in [6.07, 6.45) is 3.68. The zero-order valence-corrected chi connectivity index (χ0v) is 25.2. The van der Waals surface area contributed by atoms with Gasteiger partial charge in [-0.25, -0.2) is 9.59 Å². The number of carbonyl (C=O) groups is 2. The maximum atomic E-state index is 12.3. The van der Waals surface area contributed by atoms with Gasteiger partial charge in [0.25, 0.3) is 0 Å². The summed E-state index contributed by atoms with van der Waals surface area (Å²) in [6, 6.07) is 9.46. The molecule has 2 rings (SSSR count). The molecule has 37 heavy (non-hydrogen) atoms. The van der Waals surface area contributed by atoms with Gasteiger partial charge in [0, 0.05) is 6.42 Å². The summed E-state index contributed by atoms with van der Waals surface area (Å²) in [5.74, 6) is 0.416. The Labute approximate surface area is 224 Å². The van der Waals surface area contributed by atoms with E-state index >= 15 is 0 Å². The highest BCUT2D eigenvalue weighted by Crippen LogP contribution is 2.46. The fraction of sp³-hybridized carbons (Fsp3) is 0.724. The number of rotatable bonds is 10. The lowest BCUT2D eigenvalue weighted by Crippen LogP contribution is -2.72. The van der Waals surface area contributed by atoms with E-state index in [1.165, 1.54) is 19.3 Å². The highest BCUT2D eigenvalue weighted by Gasteiger charge is 2.53. The SMILES string of the molecule is CC(C)(C)[C@H](CC1CCCCC1)[C@H](O[Si](C)(C)C(C)(C)C)C(Cc1ccccc1)(NC(=O)O)NC(=O)O. The van der Waals surface area contributed by atoms with Gasteiger partial charge in [-0.1, -0.05) is 104 Å². The van der Waals surface area contributed by atoms with Crippen LogP contribution in [0, 0.1) is 17.3 Å². The molecule has 1 saturated carbocycles. The summed E-state index contributed by atoms with van der Waals surface area (Å²) in [5.41, 5.74) is -0.993.